The Bertz CT molecular complexity index is 385. The predicted molar refractivity (Wildman–Crippen MR) is 63.7 cm³/mol. The summed E-state index contributed by atoms with van der Waals surface area (Å²) in [5, 5.41) is 8.82. The van der Waals surface area contributed by atoms with Crippen LogP contribution < -0.4 is 4.90 Å². The first-order chi connectivity index (χ1) is 7.58. The summed E-state index contributed by atoms with van der Waals surface area (Å²) in [6, 6.07) is 8.31. The van der Waals surface area contributed by atoms with Gasteiger partial charge in [-0.3, -0.25) is 4.79 Å². The molecule has 3 heteroatoms. The van der Waals surface area contributed by atoms with Gasteiger partial charge in [-0.15, -0.1) is 0 Å². The maximum absolute atomic E-state index is 10.7. The van der Waals surface area contributed by atoms with Gasteiger partial charge in [0.05, 0.1) is 5.92 Å². The molecule has 0 bridgehead atoms. The van der Waals surface area contributed by atoms with Crippen LogP contribution in [0.5, 0.6) is 0 Å². The SMILES string of the molecule is Cc1ccc(N(C)CC2CC2C(=O)O)cc1. The quantitative estimate of drug-likeness (QED) is 0.843. The molecule has 3 nitrogen and oxygen atoms in total. The van der Waals surface area contributed by atoms with E-state index in [2.05, 4.69) is 36.1 Å². The van der Waals surface area contributed by atoms with Crippen molar-refractivity contribution < 1.29 is 9.90 Å². The minimum atomic E-state index is -0.651. The normalized spacial score (nSPS) is 22.9. The highest BCUT2D eigenvalue weighted by Gasteiger charge is 2.43. The summed E-state index contributed by atoms with van der Waals surface area (Å²) in [5.74, 6) is -0.445. The van der Waals surface area contributed by atoms with Gasteiger partial charge in [0.1, 0.15) is 0 Å². The molecule has 1 aromatic rings. The number of nitrogens with zero attached hydrogens (tertiary/aromatic N) is 1. The molecule has 1 aromatic carbocycles. The third kappa shape index (κ3) is 2.35. The Labute approximate surface area is 95.7 Å². The van der Waals surface area contributed by atoms with Gasteiger partial charge in [0.15, 0.2) is 0 Å². The van der Waals surface area contributed by atoms with Crippen LogP contribution in [0, 0.1) is 18.8 Å². The largest absolute Gasteiger partial charge is 0.481 e. The number of carboxylic acid groups (broad SMARTS) is 1. The second-order valence-corrected chi connectivity index (χ2v) is 4.66. The summed E-state index contributed by atoms with van der Waals surface area (Å²) >= 11 is 0. The fourth-order valence-corrected chi connectivity index (χ4v) is 2.01. The molecule has 16 heavy (non-hydrogen) atoms. The maximum atomic E-state index is 10.7. The third-order valence-electron chi connectivity index (χ3n) is 3.22. The van der Waals surface area contributed by atoms with Crippen molar-refractivity contribution in [3.05, 3.63) is 29.8 Å². The van der Waals surface area contributed by atoms with E-state index < -0.39 is 5.97 Å². The molecule has 0 aliphatic heterocycles. The summed E-state index contributed by atoms with van der Waals surface area (Å²) < 4.78 is 0. The lowest BCUT2D eigenvalue weighted by atomic mass is 10.2. The molecule has 86 valence electrons. The molecule has 1 aliphatic rings. The standard InChI is InChI=1S/C13H17NO2/c1-9-3-5-11(6-4-9)14(2)8-10-7-12(10)13(15)16/h3-6,10,12H,7-8H2,1-2H3,(H,15,16). The van der Waals surface area contributed by atoms with Gasteiger partial charge >= 0.3 is 5.97 Å². The second kappa shape index (κ2) is 4.16. The van der Waals surface area contributed by atoms with Gasteiger partial charge in [-0.05, 0) is 31.4 Å². The molecule has 2 rings (SSSR count). The van der Waals surface area contributed by atoms with Crippen LogP contribution in [0.1, 0.15) is 12.0 Å². The van der Waals surface area contributed by atoms with Crippen molar-refractivity contribution in [2.45, 2.75) is 13.3 Å². The summed E-state index contributed by atoms with van der Waals surface area (Å²) in [6.07, 6.45) is 0.825. The van der Waals surface area contributed by atoms with E-state index in [-0.39, 0.29) is 5.92 Å². The monoisotopic (exact) mass is 219 g/mol. The number of carbonyl (C=O) groups is 1. The Hall–Kier alpha value is -1.51. The van der Waals surface area contributed by atoms with Gasteiger partial charge < -0.3 is 10.0 Å². The van der Waals surface area contributed by atoms with Crippen LogP contribution in [0.2, 0.25) is 0 Å². The van der Waals surface area contributed by atoms with Gasteiger partial charge in [-0.2, -0.15) is 0 Å². The Kier molecular flexibility index (Phi) is 2.86. The zero-order valence-electron chi connectivity index (χ0n) is 9.68. The van der Waals surface area contributed by atoms with Crippen LogP contribution >= 0.6 is 0 Å². The first kappa shape index (κ1) is 11.0. The van der Waals surface area contributed by atoms with Crippen molar-refractivity contribution in [2.75, 3.05) is 18.5 Å². The fourth-order valence-electron chi connectivity index (χ4n) is 2.01. The molecule has 0 spiro atoms. The average molecular weight is 219 g/mol. The smallest absolute Gasteiger partial charge is 0.306 e. The fraction of sp³-hybridized carbons (Fsp3) is 0.462. The number of carboxylic acids is 1. The van der Waals surface area contributed by atoms with Crippen LogP contribution in [0.25, 0.3) is 0 Å². The molecule has 1 saturated carbocycles. The molecular formula is C13H17NO2. The molecule has 1 fully saturated rings. The Morgan fingerprint density at radius 3 is 2.56 bits per heavy atom. The maximum Gasteiger partial charge on any atom is 0.306 e. The topological polar surface area (TPSA) is 40.5 Å². The predicted octanol–water partition coefficient (Wildman–Crippen LogP) is 2.15. The van der Waals surface area contributed by atoms with Crippen LogP contribution in [0.15, 0.2) is 24.3 Å². The minimum Gasteiger partial charge on any atom is -0.481 e. The second-order valence-electron chi connectivity index (χ2n) is 4.66. The number of anilines is 1. The lowest BCUT2D eigenvalue weighted by molar-refractivity contribution is -0.138. The number of aliphatic carboxylic acids is 1. The molecule has 2 atom stereocenters. The van der Waals surface area contributed by atoms with Crippen molar-refractivity contribution in [1.29, 1.82) is 0 Å². The van der Waals surface area contributed by atoms with Crippen LogP contribution in [0.4, 0.5) is 5.69 Å². The molecule has 0 heterocycles. The van der Waals surface area contributed by atoms with Crippen molar-refractivity contribution in [1.82, 2.24) is 0 Å². The Morgan fingerprint density at radius 1 is 1.44 bits per heavy atom. The van der Waals surface area contributed by atoms with Crippen molar-refractivity contribution >= 4 is 11.7 Å². The van der Waals surface area contributed by atoms with Crippen LogP contribution in [-0.2, 0) is 4.79 Å². The van der Waals surface area contributed by atoms with E-state index in [1.54, 1.807) is 0 Å². The summed E-state index contributed by atoms with van der Waals surface area (Å²) in [7, 11) is 2.02. The minimum absolute atomic E-state index is 0.118. The Morgan fingerprint density at radius 2 is 2.06 bits per heavy atom. The summed E-state index contributed by atoms with van der Waals surface area (Å²) in [5.41, 5.74) is 2.40. The zero-order chi connectivity index (χ0) is 11.7. The highest BCUT2D eigenvalue weighted by Crippen LogP contribution is 2.39. The molecule has 1 N–H and O–H groups in total. The van der Waals surface area contributed by atoms with E-state index in [0.717, 1.165) is 18.7 Å². The number of rotatable bonds is 4. The third-order valence-corrected chi connectivity index (χ3v) is 3.22. The van der Waals surface area contributed by atoms with E-state index in [0.29, 0.717) is 5.92 Å². The lowest BCUT2D eigenvalue weighted by Crippen LogP contribution is -2.21. The van der Waals surface area contributed by atoms with E-state index in [9.17, 15) is 4.79 Å². The number of hydrogen-bond donors (Lipinski definition) is 1. The van der Waals surface area contributed by atoms with Gasteiger partial charge in [0.25, 0.3) is 0 Å². The lowest BCUT2D eigenvalue weighted by Gasteiger charge is -2.19. The Balaban J connectivity index is 1.92. The van der Waals surface area contributed by atoms with E-state index in [4.69, 9.17) is 5.11 Å². The highest BCUT2D eigenvalue weighted by molar-refractivity contribution is 5.73. The molecule has 0 amide bonds. The van der Waals surface area contributed by atoms with E-state index in [1.165, 1.54) is 5.56 Å². The highest BCUT2D eigenvalue weighted by atomic mass is 16.4. The number of aryl methyl sites for hydroxylation is 1. The average Bonchev–Trinajstić information content (AvgIpc) is 2.98. The van der Waals surface area contributed by atoms with Gasteiger partial charge in [-0.25, -0.2) is 0 Å². The molecule has 2 unspecified atom stereocenters. The van der Waals surface area contributed by atoms with Crippen LogP contribution in [-0.4, -0.2) is 24.7 Å². The van der Waals surface area contributed by atoms with Crippen LogP contribution in [0.3, 0.4) is 0 Å². The van der Waals surface area contributed by atoms with E-state index in [1.807, 2.05) is 7.05 Å². The summed E-state index contributed by atoms with van der Waals surface area (Å²) in [6.45, 7) is 2.89. The van der Waals surface area contributed by atoms with Crippen molar-refractivity contribution in [3.8, 4) is 0 Å². The van der Waals surface area contributed by atoms with Crippen molar-refractivity contribution in [2.24, 2.45) is 11.8 Å². The first-order valence-corrected chi connectivity index (χ1v) is 5.58. The molecule has 0 saturated heterocycles. The molecule has 0 aromatic heterocycles. The molecule has 0 radical (unpaired) electrons. The van der Waals surface area contributed by atoms with E-state index >= 15 is 0 Å². The zero-order valence-corrected chi connectivity index (χ0v) is 9.68. The van der Waals surface area contributed by atoms with Crippen molar-refractivity contribution in [3.63, 3.8) is 0 Å². The molecular weight excluding hydrogens is 202 g/mol. The number of hydrogen-bond acceptors (Lipinski definition) is 2. The summed E-state index contributed by atoms with van der Waals surface area (Å²) in [4.78, 5) is 12.8. The number of benzene rings is 1. The van der Waals surface area contributed by atoms with Gasteiger partial charge in [0.2, 0.25) is 0 Å². The van der Waals surface area contributed by atoms with Gasteiger partial charge in [-0.1, -0.05) is 17.7 Å². The van der Waals surface area contributed by atoms with Gasteiger partial charge in [0, 0.05) is 19.3 Å². The molecule has 1 aliphatic carbocycles. The first-order valence-electron chi connectivity index (χ1n) is 5.58.